The zero-order valence-electron chi connectivity index (χ0n) is 12.5. The van der Waals surface area contributed by atoms with Crippen LogP contribution in [0.5, 0.6) is 5.75 Å². The molecule has 22 heavy (non-hydrogen) atoms. The summed E-state index contributed by atoms with van der Waals surface area (Å²) in [6.07, 6.45) is 2.10. The second-order valence-electron chi connectivity index (χ2n) is 5.90. The molecule has 0 unspecified atom stereocenters. The highest BCUT2D eigenvalue weighted by molar-refractivity contribution is 5.78. The predicted octanol–water partition coefficient (Wildman–Crippen LogP) is 0.897. The zero-order chi connectivity index (χ0) is 15.5. The Kier molecular flexibility index (Phi) is 4.18. The van der Waals surface area contributed by atoms with Crippen LogP contribution in [0.2, 0.25) is 0 Å². The van der Waals surface area contributed by atoms with Crippen LogP contribution in [0.25, 0.3) is 0 Å². The third-order valence-electron chi connectivity index (χ3n) is 4.38. The van der Waals surface area contributed by atoms with Gasteiger partial charge in [0.05, 0.1) is 6.54 Å². The van der Waals surface area contributed by atoms with Crippen LogP contribution in [0, 0.1) is 5.92 Å². The number of ether oxygens (including phenoxy) is 1. The number of rotatable bonds is 3. The summed E-state index contributed by atoms with van der Waals surface area (Å²) >= 11 is 0. The van der Waals surface area contributed by atoms with Gasteiger partial charge in [-0.2, -0.15) is 0 Å². The monoisotopic (exact) mass is 303 g/mol. The number of amides is 3. The predicted molar refractivity (Wildman–Crippen MR) is 81.5 cm³/mol. The third-order valence-corrected chi connectivity index (χ3v) is 4.38. The van der Waals surface area contributed by atoms with Crippen LogP contribution in [0.4, 0.5) is 4.79 Å². The first kappa shape index (κ1) is 14.7. The van der Waals surface area contributed by atoms with Crippen molar-refractivity contribution in [2.45, 2.75) is 25.4 Å². The molecule has 2 heterocycles. The van der Waals surface area contributed by atoms with E-state index in [0.29, 0.717) is 32.5 Å². The molecule has 0 aliphatic carbocycles. The molecule has 6 nitrogen and oxygen atoms in total. The number of nitrogens with zero attached hydrogens (tertiary/aromatic N) is 1. The van der Waals surface area contributed by atoms with E-state index in [9.17, 15) is 9.59 Å². The van der Waals surface area contributed by atoms with E-state index < -0.39 is 0 Å². The van der Waals surface area contributed by atoms with Crippen LogP contribution in [0.3, 0.4) is 0 Å². The van der Waals surface area contributed by atoms with Crippen molar-refractivity contribution in [3.8, 4) is 5.75 Å². The second-order valence-corrected chi connectivity index (χ2v) is 5.90. The fourth-order valence-electron chi connectivity index (χ4n) is 3.05. The molecule has 1 aromatic rings. The van der Waals surface area contributed by atoms with Crippen LogP contribution in [0.15, 0.2) is 24.3 Å². The number of para-hydroxylation sites is 1. The molecular formula is C16H21N3O3. The number of carbonyl (C=O) groups excluding carboxylic acids is 2. The van der Waals surface area contributed by atoms with E-state index in [1.54, 1.807) is 4.90 Å². The summed E-state index contributed by atoms with van der Waals surface area (Å²) in [4.78, 5) is 25.0. The molecule has 3 N–H and O–H groups in total. The Labute approximate surface area is 129 Å². The van der Waals surface area contributed by atoms with E-state index in [1.807, 2.05) is 24.3 Å². The normalized spacial score (nSPS) is 21.1. The van der Waals surface area contributed by atoms with Gasteiger partial charge in [0.25, 0.3) is 0 Å². The van der Waals surface area contributed by atoms with Crippen molar-refractivity contribution >= 4 is 11.9 Å². The molecule has 2 aliphatic rings. The number of nitrogens with two attached hydrogens (primary N) is 1. The number of piperidine rings is 1. The van der Waals surface area contributed by atoms with Gasteiger partial charge in [0.2, 0.25) is 5.91 Å². The van der Waals surface area contributed by atoms with Gasteiger partial charge in [-0.15, -0.1) is 0 Å². The van der Waals surface area contributed by atoms with Crippen molar-refractivity contribution in [2.24, 2.45) is 11.7 Å². The standard InChI is InChI=1S/C16H21N3O3/c17-15(20)11-5-7-19(8-6-11)16(21)18-10-13-9-12-3-1-2-4-14(12)22-13/h1-4,11,13H,5-10H2,(H2,17,20)(H,18,21)/t13-/m1/s1. The molecule has 0 radical (unpaired) electrons. The molecule has 1 atom stereocenters. The molecule has 1 saturated heterocycles. The highest BCUT2D eigenvalue weighted by atomic mass is 16.5. The SMILES string of the molecule is NC(=O)C1CCN(C(=O)NC[C@H]2Cc3ccccc3O2)CC1. The number of hydrogen-bond donors (Lipinski definition) is 2. The van der Waals surface area contributed by atoms with Crippen LogP contribution in [-0.2, 0) is 11.2 Å². The maximum atomic E-state index is 12.1. The lowest BCUT2D eigenvalue weighted by Gasteiger charge is -2.30. The van der Waals surface area contributed by atoms with Gasteiger partial charge in [-0.3, -0.25) is 4.79 Å². The summed E-state index contributed by atoms with van der Waals surface area (Å²) in [5.41, 5.74) is 6.48. The number of urea groups is 1. The second kappa shape index (κ2) is 6.25. The number of benzene rings is 1. The smallest absolute Gasteiger partial charge is 0.317 e. The average molecular weight is 303 g/mol. The van der Waals surface area contributed by atoms with Crippen LogP contribution < -0.4 is 15.8 Å². The van der Waals surface area contributed by atoms with E-state index in [-0.39, 0.29) is 24.0 Å². The van der Waals surface area contributed by atoms with Crippen molar-refractivity contribution in [1.29, 1.82) is 0 Å². The summed E-state index contributed by atoms with van der Waals surface area (Å²) in [6.45, 7) is 1.64. The van der Waals surface area contributed by atoms with Crippen molar-refractivity contribution in [2.75, 3.05) is 19.6 Å². The van der Waals surface area contributed by atoms with E-state index in [1.165, 1.54) is 5.56 Å². The Bertz CT molecular complexity index is 543. The molecule has 0 spiro atoms. The first-order valence-electron chi connectivity index (χ1n) is 7.70. The fraction of sp³-hybridized carbons (Fsp3) is 0.500. The molecule has 3 rings (SSSR count). The van der Waals surface area contributed by atoms with Gasteiger partial charge >= 0.3 is 6.03 Å². The van der Waals surface area contributed by atoms with Crippen molar-refractivity contribution in [1.82, 2.24) is 10.2 Å². The number of carbonyl (C=O) groups is 2. The van der Waals surface area contributed by atoms with Gasteiger partial charge < -0.3 is 20.7 Å². The molecule has 1 aromatic carbocycles. The Balaban J connectivity index is 1.43. The Morgan fingerprint density at radius 1 is 1.27 bits per heavy atom. The molecule has 3 amide bonds. The summed E-state index contributed by atoms with van der Waals surface area (Å²) < 4.78 is 5.80. The largest absolute Gasteiger partial charge is 0.488 e. The van der Waals surface area contributed by atoms with Crippen molar-refractivity contribution in [3.05, 3.63) is 29.8 Å². The molecule has 6 heteroatoms. The molecule has 0 saturated carbocycles. The van der Waals surface area contributed by atoms with Crippen molar-refractivity contribution < 1.29 is 14.3 Å². The van der Waals surface area contributed by atoms with Crippen LogP contribution in [-0.4, -0.2) is 42.6 Å². The fourth-order valence-corrected chi connectivity index (χ4v) is 3.05. The van der Waals surface area contributed by atoms with E-state index in [2.05, 4.69) is 5.32 Å². The Hall–Kier alpha value is -2.24. The summed E-state index contributed by atoms with van der Waals surface area (Å²) in [6, 6.07) is 7.84. The van der Waals surface area contributed by atoms with E-state index in [0.717, 1.165) is 12.2 Å². The van der Waals surface area contributed by atoms with Crippen molar-refractivity contribution in [3.63, 3.8) is 0 Å². The third kappa shape index (κ3) is 3.16. The molecule has 2 aliphatic heterocycles. The Morgan fingerprint density at radius 3 is 2.68 bits per heavy atom. The number of primary amides is 1. The number of nitrogens with one attached hydrogen (secondary N) is 1. The first-order chi connectivity index (χ1) is 10.6. The lowest BCUT2D eigenvalue weighted by Crippen LogP contribution is -2.48. The van der Waals surface area contributed by atoms with Gasteiger partial charge in [0, 0.05) is 25.4 Å². The minimum absolute atomic E-state index is 0.00971. The lowest BCUT2D eigenvalue weighted by atomic mass is 9.96. The summed E-state index contributed by atoms with van der Waals surface area (Å²) in [5.74, 6) is 0.540. The van der Waals surface area contributed by atoms with Gasteiger partial charge in [-0.25, -0.2) is 4.79 Å². The first-order valence-corrected chi connectivity index (χ1v) is 7.70. The van der Waals surface area contributed by atoms with Crippen LogP contribution >= 0.6 is 0 Å². The van der Waals surface area contributed by atoms with E-state index >= 15 is 0 Å². The summed E-state index contributed by atoms with van der Waals surface area (Å²) in [7, 11) is 0. The highest BCUT2D eigenvalue weighted by Crippen LogP contribution is 2.27. The van der Waals surface area contributed by atoms with E-state index in [4.69, 9.17) is 10.5 Å². The number of fused-ring (bicyclic) bond motifs is 1. The molecule has 0 aromatic heterocycles. The molecular weight excluding hydrogens is 282 g/mol. The molecule has 118 valence electrons. The van der Waals surface area contributed by atoms with Gasteiger partial charge in [-0.05, 0) is 24.5 Å². The maximum absolute atomic E-state index is 12.1. The maximum Gasteiger partial charge on any atom is 0.317 e. The topological polar surface area (TPSA) is 84.7 Å². The number of hydrogen-bond acceptors (Lipinski definition) is 3. The Morgan fingerprint density at radius 2 is 2.00 bits per heavy atom. The van der Waals surface area contributed by atoms with Gasteiger partial charge in [0.15, 0.2) is 0 Å². The molecule has 0 bridgehead atoms. The quantitative estimate of drug-likeness (QED) is 0.870. The zero-order valence-corrected chi connectivity index (χ0v) is 12.5. The number of likely N-dealkylation sites (tertiary alicyclic amines) is 1. The minimum atomic E-state index is -0.267. The molecule has 1 fully saturated rings. The lowest BCUT2D eigenvalue weighted by molar-refractivity contribution is -0.123. The van der Waals surface area contributed by atoms with Gasteiger partial charge in [0.1, 0.15) is 11.9 Å². The van der Waals surface area contributed by atoms with Crippen LogP contribution in [0.1, 0.15) is 18.4 Å². The summed E-state index contributed by atoms with van der Waals surface area (Å²) in [5, 5.41) is 2.92. The van der Waals surface area contributed by atoms with Gasteiger partial charge in [-0.1, -0.05) is 18.2 Å². The highest BCUT2D eigenvalue weighted by Gasteiger charge is 2.27. The minimum Gasteiger partial charge on any atom is -0.488 e. The average Bonchev–Trinajstić information content (AvgIpc) is 2.95.